The number of aliphatic hydroxyl groups excluding tert-OH is 1. The van der Waals surface area contributed by atoms with Crippen LogP contribution in [0, 0.1) is 40.9 Å². The van der Waals surface area contributed by atoms with Crippen LogP contribution in [0.25, 0.3) is 0 Å². The Morgan fingerprint density at radius 2 is 2.00 bits per heavy atom. The number of methoxy groups -OCH3 is 1. The molecule has 166 valence electrons. The standard InChI is InChI=1S/C25H42O4/c1-16(9-11-23(28)29-4)18-6-5-7-21-24(17(2)8-10-18)22(27)15-19-14-20(26)12-13-25(19,21)3/h16-21,24,26H,5-15H2,1-4H3/t16-,17?,18?,19+,20-,21?,24?,25+/m1/s1. The highest BCUT2D eigenvalue weighted by molar-refractivity contribution is 5.83. The molecular formula is C25H42O4. The summed E-state index contributed by atoms with van der Waals surface area (Å²) in [4.78, 5) is 24.8. The van der Waals surface area contributed by atoms with Crippen molar-refractivity contribution in [2.75, 3.05) is 7.11 Å². The molecule has 1 N–H and O–H groups in total. The molecule has 0 aromatic carbocycles. The summed E-state index contributed by atoms with van der Waals surface area (Å²) in [6.45, 7) is 7.02. The first-order valence-electron chi connectivity index (χ1n) is 12.0. The minimum atomic E-state index is -0.216. The number of Topliss-reactive ketones (excluding diaryl/α,β-unsaturated/α-hetero) is 1. The Bertz CT molecular complexity index is 587. The van der Waals surface area contributed by atoms with Crippen molar-refractivity contribution in [1.29, 1.82) is 0 Å². The van der Waals surface area contributed by atoms with Crippen molar-refractivity contribution in [3.63, 3.8) is 0 Å². The van der Waals surface area contributed by atoms with E-state index in [1.165, 1.54) is 26.4 Å². The molecule has 0 saturated heterocycles. The van der Waals surface area contributed by atoms with Gasteiger partial charge in [-0.05, 0) is 80.0 Å². The summed E-state index contributed by atoms with van der Waals surface area (Å²) >= 11 is 0. The van der Waals surface area contributed by atoms with Crippen molar-refractivity contribution in [2.24, 2.45) is 40.9 Å². The number of hydrogen-bond acceptors (Lipinski definition) is 4. The average molecular weight is 407 g/mol. The molecule has 0 aromatic heterocycles. The van der Waals surface area contributed by atoms with Crippen LogP contribution in [0.2, 0.25) is 0 Å². The van der Waals surface area contributed by atoms with E-state index in [1.54, 1.807) is 0 Å². The van der Waals surface area contributed by atoms with Gasteiger partial charge in [0.05, 0.1) is 13.2 Å². The van der Waals surface area contributed by atoms with Crippen molar-refractivity contribution in [3.8, 4) is 0 Å². The van der Waals surface area contributed by atoms with E-state index in [-0.39, 0.29) is 23.4 Å². The van der Waals surface area contributed by atoms with Crippen LogP contribution in [0.15, 0.2) is 0 Å². The van der Waals surface area contributed by atoms with Gasteiger partial charge < -0.3 is 9.84 Å². The van der Waals surface area contributed by atoms with Gasteiger partial charge in [-0.15, -0.1) is 0 Å². The zero-order valence-electron chi connectivity index (χ0n) is 19.0. The number of carbonyl (C=O) groups excluding carboxylic acids is 2. The van der Waals surface area contributed by atoms with Gasteiger partial charge in [-0.3, -0.25) is 9.59 Å². The van der Waals surface area contributed by atoms with Crippen molar-refractivity contribution < 1.29 is 19.4 Å². The molecule has 0 spiro atoms. The van der Waals surface area contributed by atoms with Gasteiger partial charge >= 0.3 is 5.97 Å². The molecule has 3 rings (SSSR count). The van der Waals surface area contributed by atoms with E-state index >= 15 is 0 Å². The Morgan fingerprint density at radius 3 is 2.72 bits per heavy atom. The second-order valence-electron chi connectivity index (χ2n) is 10.8. The molecular weight excluding hydrogens is 364 g/mol. The molecule has 3 fully saturated rings. The summed E-state index contributed by atoms with van der Waals surface area (Å²) in [6, 6.07) is 0. The van der Waals surface area contributed by atoms with Gasteiger partial charge in [-0.1, -0.05) is 33.6 Å². The summed E-state index contributed by atoms with van der Waals surface area (Å²) in [7, 11) is 1.46. The quantitative estimate of drug-likeness (QED) is 0.655. The van der Waals surface area contributed by atoms with E-state index in [0.29, 0.717) is 48.2 Å². The van der Waals surface area contributed by atoms with Crippen LogP contribution in [0.3, 0.4) is 0 Å². The molecule has 0 radical (unpaired) electrons. The maximum absolute atomic E-state index is 13.2. The van der Waals surface area contributed by atoms with Crippen LogP contribution in [-0.4, -0.2) is 30.1 Å². The lowest BCUT2D eigenvalue weighted by molar-refractivity contribution is -0.147. The van der Waals surface area contributed by atoms with E-state index in [1.807, 2.05) is 0 Å². The Hall–Kier alpha value is -0.900. The van der Waals surface area contributed by atoms with E-state index in [0.717, 1.165) is 38.5 Å². The number of ether oxygens (including phenoxy) is 1. The Balaban J connectivity index is 1.72. The number of hydrogen-bond donors (Lipinski definition) is 1. The molecule has 0 amide bonds. The van der Waals surface area contributed by atoms with E-state index in [2.05, 4.69) is 20.8 Å². The lowest BCUT2D eigenvalue weighted by atomic mass is 9.49. The Labute approximate surface area is 177 Å². The number of esters is 1. The highest BCUT2D eigenvalue weighted by Gasteiger charge is 2.54. The fraction of sp³-hybridized carbons (Fsp3) is 0.920. The minimum Gasteiger partial charge on any atom is -0.469 e. The first-order valence-corrected chi connectivity index (χ1v) is 12.0. The third kappa shape index (κ3) is 4.89. The smallest absolute Gasteiger partial charge is 0.305 e. The average Bonchev–Trinajstić information content (AvgIpc) is 2.77. The fourth-order valence-electron chi connectivity index (χ4n) is 7.09. The largest absolute Gasteiger partial charge is 0.469 e. The van der Waals surface area contributed by atoms with E-state index < -0.39 is 0 Å². The second-order valence-corrected chi connectivity index (χ2v) is 10.8. The molecule has 3 aliphatic carbocycles. The summed E-state index contributed by atoms with van der Waals surface area (Å²) in [5.74, 6) is 2.99. The predicted octanol–water partition coefficient (Wildman–Crippen LogP) is 5.16. The van der Waals surface area contributed by atoms with Crippen LogP contribution in [0.1, 0.15) is 91.4 Å². The lowest BCUT2D eigenvalue weighted by Gasteiger charge is -2.55. The molecule has 8 atom stereocenters. The lowest BCUT2D eigenvalue weighted by Crippen LogP contribution is -2.52. The topological polar surface area (TPSA) is 63.6 Å². The molecule has 0 bridgehead atoms. The first-order chi connectivity index (χ1) is 13.8. The van der Waals surface area contributed by atoms with Gasteiger partial charge in [0.25, 0.3) is 0 Å². The van der Waals surface area contributed by atoms with Crippen LogP contribution >= 0.6 is 0 Å². The van der Waals surface area contributed by atoms with Gasteiger partial charge in [0.2, 0.25) is 0 Å². The third-order valence-electron chi connectivity index (χ3n) is 9.14. The normalized spacial score (nSPS) is 41.9. The van der Waals surface area contributed by atoms with Crippen molar-refractivity contribution >= 4 is 11.8 Å². The molecule has 0 heterocycles. The van der Waals surface area contributed by atoms with Crippen molar-refractivity contribution in [3.05, 3.63) is 0 Å². The number of rotatable bonds is 4. The predicted molar refractivity (Wildman–Crippen MR) is 114 cm³/mol. The molecule has 3 aliphatic rings. The monoisotopic (exact) mass is 406 g/mol. The molecule has 29 heavy (non-hydrogen) atoms. The van der Waals surface area contributed by atoms with Crippen LogP contribution in [0.4, 0.5) is 0 Å². The summed E-state index contributed by atoms with van der Waals surface area (Å²) in [6.07, 6.45) is 10.5. The summed E-state index contributed by atoms with van der Waals surface area (Å²) < 4.78 is 4.82. The molecule has 4 unspecified atom stereocenters. The highest BCUT2D eigenvalue weighted by Crippen LogP contribution is 2.58. The van der Waals surface area contributed by atoms with Gasteiger partial charge in [0.1, 0.15) is 5.78 Å². The molecule has 4 heteroatoms. The third-order valence-corrected chi connectivity index (χ3v) is 9.14. The van der Waals surface area contributed by atoms with Gasteiger partial charge in [-0.2, -0.15) is 0 Å². The van der Waals surface area contributed by atoms with Gasteiger partial charge in [-0.25, -0.2) is 0 Å². The van der Waals surface area contributed by atoms with E-state index in [4.69, 9.17) is 4.74 Å². The Morgan fingerprint density at radius 1 is 1.24 bits per heavy atom. The molecule has 0 aliphatic heterocycles. The SMILES string of the molecule is COC(=O)CC[C@@H](C)C1CCCC2C(C(=O)C[C@@H]3C[C@H](O)CC[C@]23C)C(C)CC1. The van der Waals surface area contributed by atoms with Crippen molar-refractivity contribution in [1.82, 2.24) is 0 Å². The van der Waals surface area contributed by atoms with Crippen LogP contribution in [0.5, 0.6) is 0 Å². The molecule has 4 nitrogen and oxygen atoms in total. The second kappa shape index (κ2) is 9.49. The minimum absolute atomic E-state index is 0.108. The summed E-state index contributed by atoms with van der Waals surface area (Å²) in [5.41, 5.74) is 0.211. The van der Waals surface area contributed by atoms with Crippen molar-refractivity contribution in [2.45, 2.75) is 97.5 Å². The maximum Gasteiger partial charge on any atom is 0.305 e. The van der Waals surface area contributed by atoms with Crippen LogP contribution in [-0.2, 0) is 14.3 Å². The first kappa shape index (κ1) is 22.8. The zero-order chi connectivity index (χ0) is 21.2. The number of ketones is 1. The number of aliphatic hydroxyl groups is 1. The zero-order valence-corrected chi connectivity index (χ0v) is 19.0. The maximum atomic E-state index is 13.2. The fourth-order valence-corrected chi connectivity index (χ4v) is 7.09. The number of carbonyl (C=O) groups is 2. The highest BCUT2D eigenvalue weighted by atomic mass is 16.5. The molecule has 3 saturated carbocycles. The van der Waals surface area contributed by atoms with Gasteiger partial charge in [0, 0.05) is 18.8 Å². The summed E-state index contributed by atoms with van der Waals surface area (Å²) in [5, 5.41) is 10.2. The van der Waals surface area contributed by atoms with Crippen LogP contribution < -0.4 is 0 Å². The van der Waals surface area contributed by atoms with Gasteiger partial charge in [0.15, 0.2) is 0 Å². The Kier molecular flexibility index (Phi) is 7.46. The van der Waals surface area contributed by atoms with E-state index in [9.17, 15) is 14.7 Å². The number of fused-ring (bicyclic) bond motifs is 3. The molecule has 0 aromatic rings.